The number of hydrogen-bond donors (Lipinski definition) is 0. The summed E-state index contributed by atoms with van der Waals surface area (Å²) in [5.74, 6) is -3.01. The van der Waals surface area contributed by atoms with Gasteiger partial charge >= 0.3 is 5.92 Å². The standard InChI is InChI=1S/C11H10BrF2NO/c12-9-10(16-9,7-3-4-7)11(13,14)8-2-1-5-15-6-8/h1-2,5-7,9H,3-4H2. The van der Waals surface area contributed by atoms with Crippen LogP contribution in [0.4, 0.5) is 8.78 Å². The van der Waals surface area contributed by atoms with Crippen LogP contribution in [0.25, 0.3) is 0 Å². The lowest BCUT2D eigenvalue weighted by molar-refractivity contribution is -0.0912. The van der Waals surface area contributed by atoms with Crippen LogP contribution >= 0.6 is 15.9 Å². The van der Waals surface area contributed by atoms with Crippen LogP contribution in [0.3, 0.4) is 0 Å². The summed E-state index contributed by atoms with van der Waals surface area (Å²) >= 11 is 3.16. The monoisotopic (exact) mass is 289 g/mol. The highest BCUT2D eigenvalue weighted by Crippen LogP contribution is 2.66. The Hall–Kier alpha value is -0.550. The van der Waals surface area contributed by atoms with Crippen LogP contribution in [-0.4, -0.2) is 15.6 Å². The number of rotatable bonds is 3. The molecule has 1 aromatic heterocycles. The van der Waals surface area contributed by atoms with E-state index in [2.05, 4.69) is 20.9 Å². The molecule has 1 aliphatic heterocycles. The van der Waals surface area contributed by atoms with Crippen LogP contribution in [0.1, 0.15) is 18.4 Å². The highest BCUT2D eigenvalue weighted by atomic mass is 79.9. The van der Waals surface area contributed by atoms with Gasteiger partial charge in [-0.05, 0) is 30.9 Å². The average molecular weight is 290 g/mol. The van der Waals surface area contributed by atoms with Gasteiger partial charge in [0.25, 0.3) is 0 Å². The number of epoxide rings is 1. The Kier molecular flexibility index (Phi) is 2.14. The highest BCUT2D eigenvalue weighted by molar-refractivity contribution is 9.09. The largest absolute Gasteiger partial charge is 0.347 e. The topological polar surface area (TPSA) is 25.4 Å². The number of aromatic nitrogens is 1. The molecule has 1 saturated carbocycles. The molecule has 0 aromatic carbocycles. The number of ether oxygens (including phenoxy) is 1. The molecular weight excluding hydrogens is 280 g/mol. The maximum atomic E-state index is 14.3. The lowest BCUT2D eigenvalue weighted by Gasteiger charge is -2.23. The molecule has 3 rings (SSSR count). The summed E-state index contributed by atoms with van der Waals surface area (Å²) in [6.07, 6.45) is 4.34. The first-order valence-electron chi connectivity index (χ1n) is 5.19. The van der Waals surface area contributed by atoms with Crippen LogP contribution in [0.2, 0.25) is 0 Å². The summed E-state index contributed by atoms with van der Waals surface area (Å²) in [5.41, 5.74) is -1.40. The van der Waals surface area contributed by atoms with Gasteiger partial charge in [0.2, 0.25) is 0 Å². The fourth-order valence-corrected chi connectivity index (χ4v) is 3.15. The molecule has 0 N–H and O–H groups in total. The minimum atomic E-state index is -2.98. The fourth-order valence-electron chi connectivity index (χ4n) is 2.18. The Bertz CT molecular complexity index is 410. The van der Waals surface area contributed by atoms with Crippen molar-refractivity contribution >= 4 is 15.9 Å². The van der Waals surface area contributed by atoms with Gasteiger partial charge in [-0.3, -0.25) is 4.98 Å². The number of nitrogens with zero attached hydrogens (tertiary/aromatic N) is 1. The Labute approximate surface area is 100 Å². The maximum Gasteiger partial charge on any atom is 0.306 e. The van der Waals surface area contributed by atoms with E-state index in [-0.39, 0.29) is 11.5 Å². The second-order valence-electron chi connectivity index (χ2n) is 4.32. The lowest BCUT2D eigenvalue weighted by Crippen LogP contribution is -2.38. The third-order valence-electron chi connectivity index (χ3n) is 3.28. The normalized spacial score (nSPS) is 33.8. The number of pyridine rings is 1. The van der Waals surface area contributed by atoms with E-state index in [1.807, 2.05) is 0 Å². The van der Waals surface area contributed by atoms with E-state index in [1.165, 1.54) is 24.5 Å². The van der Waals surface area contributed by atoms with Gasteiger partial charge in [-0.25, -0.2) is 0 Å². The van der Waals surface area contributed by atoms with Gasteiger partial charge in [-0.1, -0.05) is 15.9 Å². The first-order valence-corrected chi connectivity index (χ1v) is 6.11. The van der Waals surface area contributed by atoms with E-state index in [4.69, 9.17) is 4.74 Å². The highest BCUT2D eigenvalue weighted by Gasteiger charge is 2.77. The molecule has 1 aliphatic carbocycles. The summed E-state index contributed by atoms with van der Waals surface area (Å²) in [6, 6.07) is 2.92. The predicted octanol–water partition coefficient (Wildman–Crippen LogP) is 3.07. The van der Waals surface area contributed by atoms with Gasteiger partial charge in [0.15, 0.2) is 5.60 Å². The Morgan fingerprint density at radius 2 is 2.19 bits per heavy atom. The van der Waals surface area contributed by atoms with E-state index >= 15 is 0 Å². The van der Waals surface area contributed by atoms with E-state index in [0.29, 0.717) is 0 Å². The minimum absolute atomic E-state index is 0.0351. The molecule has 1 saturated heterocycles. The molecule has 16 heavy (non-hydrogen) atoms. The lowest BCUT2D eigenvalue weighted by atomic mass is 9.91. The van der Waals surface area contributed by atoms with Crippen molar-refractivity contribution in [1.29, 1.82) is 0 Å². The molecule has 2 heterocycles. The summed E-state index contributed by atoms with van der Waals surface area (Å²) in [5, 5.41) is -0.539. The van der Waals surface area contributed by atoms with Crippen molar-refractivity contribution in [3.8, 4) is 0 Å². The van der Waals surface area contributed by atoms with E-state index in [1.54, 1.807) is 0 Å². The molecule has 2 unspecified atom stereocenters. The first kappa shape index (κ1) is 10.6. The zero-order valence-electron chi connectivity index (χ0n) is 8.37. The molecule has 5 heteroatoms. The molecular formula is C11H10BrF2NO. The summed E-state index contributed by atoms with van der Waals surface area (Å²) in [7, 11) is 0. The molecule has 1 aromatic rings. The SMILES string of the molecule is FC(F)(c1cccnc1)C1(C2CC2)OC1Br. The number of halogens is 3. The second kappa shape index (κ2) is 3.23. The van der Waals surface area contributed by atoms with Crippen LogP contribution in [-0.2, 0) is 10.7 Å². The third kappa shape index (κ3) is 1.27. The summed E-state index contributed by atoms with van der Waals surface area (Å²) in [4.78, 5) is 3.75. The van der Waals surface area contributed by atoms with Crippen molar-refractivity contribution in [1.82, 2.24) is 4.98 Å². The molecule has 0 radical (unpaired) electrons. The van der Waals surface area contributed by atoms with Gasteiger partial charge in [-0.2, -0.15) is 8.78 Å². The van der Waals surface area contributed by atoms with Crippen molar-refractivity contribution in [3.05, 3.63) is 30.1 Å². The average Bonchev–Trinajstić information content (AvgIpc) is 3.13. The van der Waals surface area contributed by atoms with Gasteiger partial charge in [0.05, 0.1) is 0 Å². The Morgan fingerprint density at radius 3 is 2.62 bits per heavy atom. The first-order chi connectivity index (χ1) is 7.59. The molecule has 2 aliphatic rings. The van der Waals surface area contributed by atoms with Crippen molar-refractivity contribution < 1.29 is 13.5 Å². The van der Waals surface area contributed by atoms with E-state index in [9.17, 15) is 8.78 Å². The molecule has 2 nitrogen and oxygen atoms in total. The molecule has 0 spiro atoms. The smallest absolute Gasteiger partial charge is 0.306 e. The van der Waals surface area contributed by atoms with Crippen LogP contribution < -0.4 is 0 Å². The predicted molar refractivity (Wildman–Crippen MR) is 57.4 cm³/mol. The van der Waals surface area contributed by atoms with Crippen LogP contribution in [0.15, 0.2) is 24.5 Å². The quantitative estimate of drug-likeness (QED) is 0.631. The van der Waals surface area contributed by atoms with Gasteiger partial charge in [0.1, 0.15) is 5.01 Å². The van der Waals surface area contributed by atoms with Crippen LogP contribution in [0, 0.1) is 5.92 Å². The van der Waals surface area contributed by atoms with Crippen LogP contribution in [0.5, 0.6) is 0 Å². The molecule has 0 bridgehead atoms. The van der Waals surface area contributed by atoms with E-state index in [0.717, 1.165) is 12.8 Å². The molecule has 2 atom stereocenters. The van der Waals surface area contributed by atoms with E-state index < -0.39 is 16.5 Å². The zero-order valence-corrected chi connectivity index (χ0v) is 9.95. The van der Waals surface area contributed by atoms with Gasteiger partial charge in [-0.15, -0.1) is 0 Å². The summed E-state index contributed by atoms with van der Waals surface area (Å²) < 4.78 is 33.9. The minimum Gasteiger partial charge on any atom is -0.347 e. The second-order valence-corrected chi connectivity index (χ2v) is 5.15. The fraction of sp³-hybridized carbons (Fsp3) is 0.545. The van der Waals surface area contributed by atoms with Gasteiger partial charge in [0, 0.05) is 18.0 Å². The summed E-state index contributed by atoms with van der Waals surface area (Å²) in [6.45, 7) is 0. The third-order valence-corrected chi connectivity index (χ3v) is 4.14. The van der Waals surface area contributed by atoms with Crippen molar-refractivity contribution in [2.24, 2.45) is 5.92 Å². The number of alkyl halides is 3. The molecule has 0 amide bonds. The maximum absolute atomic E-state index is 14.3. The molecule has 86 valence electrons. The zero-order chi connectivity index (χ0) is 11.4. The molecule has 2 fully saturated rings. The Balaban J connectivity index is 1.99. The van der Waals surface area contributed by atoms with Crippen molar-refractivity contribution in [2.75, 3.05) is 0 Å². The van der Waals surface area contributed by atoms with Crippen molar-refractivity contribution in [2.45, 2.75) is 29.4 Å². The number of hydrogen-bond acceptors (Lipinski definition) is 2. The Morgan fingerprint density at radius 1 is 1.50 bits per heavy atom. The van der Waals surface area contributed by atoms with Crippen molar-refractivity contribution in [3.63, 3.8) is 0 Å². The van der Waals surface area contributed by atoms with Gasteiger partial charge < -0.3 is 4.74 Å².